The van der Waals surface area contributed by atoms with Crippen molar-refractivity contribution in [2.45, 2.75) is 62.7 Å². The standard InChI is InChI=1S/C20H32N8O8/c21-4-2-1-3-11(22)17(32)26-13(6-15(23)29)19(34)27-12(5-10-8-24-9-25-10)18(33)28-14(20(35)36)7-16(30)31/h8-9,11-14H,1-7,21-22H2,(H2,23,29)(H,24,25)(H,26,32)(H,27,34)(H,28,33)(H,30,31)(H,35,36). The van der Waals surface area contributed by atoms with Crippen LogP contribution in [0.2, 0.25) is 0 Å². The van der Waals surface area contributed by atoms with E-state index >= 15 is 0 Å². The number of carbonyl (C=O) groups excluding carboxylic acids is 4. The number of nitrogens with one attached hydrogen (secondary N) is 4. The minimum Gasteiger partial charge on any atom is -0.481 e. The molecule has 200 valence electrons. The maximum atomic E-state index is 12.9. The summed E-state index contributed by atoms with van der Waals surface area (Å²) in [7, 11) is 0. The lowest BCUT2D eigenvalue weighted by atomic mass is 10.1. The molecule has 0 aliphatic heterocycles. The number of carboxylic acids is 2. The first-order valence-corrected chi connectivity index (χ1v) is 11.0. The molecule has 36 heavy (non-hydrogen) atoms. The van der Waals surface area contributed by atoms with Crippen LogP contribution < -0.4 is 33.2 Å². The molecule has 4 amide bonds. The lowest BCUT2D eigenvalue weighted by molar-refractivity contribution is -0.147. The number of amides is 4. The van der Waals surface area contributed by atoms with Crippen LogP contribution in [0.25, 0.3) is 0 Å². The third-order valence-electron chi connectivity index (χ3n) is 4.95. The molecule has 16 heteroatoms. The highest BCUT2D eigenvalue weighted by Crippen LogP contribution is 2.05. The van der Waals surface area contributed by atoms with Crippen molar-refractivity contribution >= 4 is 35.6 Å². The van der Waals surface area contributed by atoms with Crippen molar-refractivity contribution in [3.8, 4) is 0 Å². The summed E-state index contributed by atoms with van der Waals surface area (Å²) >= 11 is 0. The number of imidazole rings is 1. The van der Waals surface area contributed by atoms with Crippen molar-refractivity contribution in [2.75, 3.05) is 6.54 Å². The van der Waals surface area contributed by atoms with Gasteiger partial charge in [0.15, 0.2) is 0 Å². The molecule has 16 nitrogen and oxygen atoms in total. The average Bonchev–Trinajstić information content (AvgIpc) is 3.30. The first-order valence-electron chi connectivity index (χ1n) is 11.0. The van der Waals surface area contributed by atoms with E-state index < -0.39 is 72.6 Å². The summed E-state index contributed by atoms with van der Waals surface area (Å²) in [5.41, 5.74) is 16.8. The van der Waals surface area contributed by atoms with Gasteiger partial charge < -0.3 is 48.3 Å². The highest BCUT2D eigenvalue weighted by atomic mass is 16.4. The smallest absolute Gasteiger partial charge is 0.326 e. The molecule has 0 spiro atoms. The molecule has 0 saturated carbocycles. The van der Waals surface area contributed by atoms with Crippen LogP contribution in [-0.2, 0) is 35.2 Å². The Kier molecular flexibility index (Phi) is 12.5. The van der Waals surface area contributed by atoms with Gasteiger partial charge in [0.25, 0.3) is 0 Å². The van der Waals surface area contributed by atoms with Gasteiger partial charge in [0.2, 0.25) is 23.6 Å². The fourth-order valence-corrected chi connectivity index (χ4v) is 3.07. The second kappa shape index (κ2) is 15.0. The molecule has 0 aliphatic rings. The van der Waals surface area contributed by atoms with Gasteiger partial charge >= 0.3 is 11.9 Å². The Labute approximate surface area is 205 Å². The Hall–Kier alpha value is -4.05. The number of nitrogens with zero attached hydrogens (tertiary/aromatic N) is 1. The Morgan fingerprint density at radius 2 is 1.53 bits per heavy atom. The maximum absolute atomic E-state index is 12.9. The van der Waals surface area contributed by atoms with Crippen molar-refractivity contribution in [2.24, 2.45) is 17.2 Å². The highest BCUT2D eigenvalue weighted by Gasteiger charge is 2.32. The van der Waals surface area contributed by atoms with E-state index in [2.05, 4.69) is 25.9 Å². The summed E-state index contributed by atoms with van der Waals surface area (Å²) in [6.45, 7) is 0.413. The summed E-state index contributed by atoms with van der Waals surface area (Å²) in [6.07, 6.45) is 2.41. The Balaban J connectivity index is 3.03. The van der Waals surface area contributed by atoms with Gasteiger partial charge in [0.1, 0.15) is 18.1 Å². The number of nitrogens with two attached hydrogens (primary N) is 3. The zero-order valence-corrected chi connectivity index (χ0v) is 19.4. The lowest BCUT2D eigenvalue weighted by Gasteiger charge is -2.24. The van der Waals surface area contributed by atoms with Gasteiger partial charge in [-0.3, -0.25) is 24.0 Å². The first kappa shape index (κ1) is 30.0. The topological polar surface area (TPSA) is 286 Å². The molecule has 1 aromatic heterocycles. The minimum absolute atomic E-state index is 0.202. The number of carbonyl (C=O) groups is 6. The second-order valence-corrected chi connectivity index (χ2v) is 7.96. The van der Waals surface area contributed by atoms with Gasteiger partial charge in [-0.05, 0) is 19.4 Å². The number of hydrogen-bond acceptors (Lipinski definition) is 9. The molecule has 0 saturated heterocycles. The molecule has 0 aliphatic carbocycles. The van der Waals surface area contributed by atoms with Crippen molar-refractivity contribution in [1.29, 1.82) is 0 Å². The van der Waals surface area contributed by atoms with E-state index in [9.17, 15) is 33.9 Å². The van der Waals surface area contributed by atoms with Crippen LogP contribution in [0.1, 0.15) is 37.8 Å². The molecule has 4 atom stereocenters. The van der Waals surface area contributed by atoms with Gasteiger partial charge in [-0.15, -0.1) is 0 Å². The Morgan fingerprint density at radius 1 is 0.917 bits per heavy atom. The zero-order valence-electron chi connectivity index (χ0n) is 19.4. The molecular weight excluding hydrogens is 480 g/mol. The molecule has 1 rings (SSSR count). The monoisotopic (exact) mass is 512 g/mol. The Morgan fingerprint density at radius 3 is 2.06 bits per heavy atom. The van der Waals surface area contributed by atoms with E-state index in [0.717, 1.165) is 0 Å². The van der Waals surface area contributed by atoms with Crippen LogP contribution >= 0.6 is 0 Å². The average molecular weight is 513 g/mol. The summed E-state index contributed by atoms with van der Waals surface area (Å²) < 4.78 is 0. The van der Waals surface area contributed by atoms with Crippen molar-refractivity contribution in [3.63, 3.8) is 0 Å². The van der Waals surface area contributed by atoms with Crippen LogP contribution in [0, 0.1) is 0 Å². The predicted octanol–water partition coefficient (Wildman–Crippen LogP) is -3.70. The fourth-order valence-electron chi connectivity index (χ4n) is 3.07. The normalized spacial score (nSPS) is 14.1. The summed E-state index contributed by atoms with van der Waals surface area (Å²) in [4.78, 5) is 78.4. The quantitative estimate of drug-likeness (QED) is 0.0915. The van der Waals surface area contributed by atoms with Crippen molar-refractivity contribution in [3.05, 3.63) is 18.2 Å². The molecule has 12 N–H and O–H groups in total. The number of rotatable bonds is 17. The van der Waals surface area contributed by atoms with E-state index in [1.54, 1.807) is 0 Å². The van der Waals surface area contributed by atoms with E-state index in [4.69, 9.17) is 22.3 Å². The molecular formula is C20H32N8O8. The van der Waals surface area contributed by atoms with Crippen molar-refractivity contribution in [1.82, 2.24) is 25.9 Å². The van der Waals surface area contributed by atoms with Crippen LogP contribution in [0.4, 0.5) is 0 Å². The molecule has 0 aromatic carbocycles. The number of carboxylic acid groups (broad SMARTS) is 2. The number of aromatic nitrogens is 2. The van der Waals surface area contributed by atoms with Crippen LogP contribution in [0.5, 0.6) is 0 Å². The lowest BCUT2D eigenvalue weighted by Crippen LogP contribution is -2.58. The highest BCUT2D eigenvalue weighted by molar-refractivity contribution is 5.96. The molecule has 1 aromatic rings. The summed E-state index contributed by atoms with van der Waals surface area (Å²) in [6, 6.07) is -5.68. The summed E-state index contributed by atoms with van der Waals surface area (Å²) in [5, 5.41) is 24.8. The van der Waals surface area contributed by atoms with Gasteiger partial charge in [-0.2, -0.15) is 0 Å². The summed E-state index contributed by atoms with van der Waals surface area (Å²) in [5.74, 6) is -6.71. The zero-order chi connectivity index (χ0) is 27.3. The van der Waals surface area contributed by atoms with Gasteiger partial charge in [0, 0.05) is 18.3 Å². The third-order valence-corrected chi connectivity index (χ3v) is 4.95. The predicted molar refractivity (Wildman–Crippen MR) is 123 cm³/mol. The van der Waals surface area contributed by atoms with E-state index in [1.807, 2.05) is 0 Å². The van der Waals surface area contributed by atoms with Crippen LogP contribution in [-0.4, -0.2) is 86.5 Å². The number of aromatic amines is 1. The third kappa shape index (κ3) is 10.9. The van der Waals surface area contributed by atoms with Gasteiger partial charge in [-0.25, -0.2) is 9.78 Å². The largest absolute Gasteiger partial charge is 0.481 e. The number of aliphatic carboxylic acids is 2. The SMILES string of the molecule is NCCCCC(N)C(=O)NC(CC(N)=O)C(=O)NC(Cc1cnc[nH]1)C(=O)NC(CC(=O)O)C(=O)O. The minimum atomic E-state index is -1.77. The number of H-pyrrole nitrogens is 1. The van der Waals surface area contributed by atoms with Gasteiger partial charge in [-0.1, -0.05) is 6.42 Å². The molecule has 0 fully saturated rings. The number of hydrogen-bond donors (Lipinski definition) is 9. The van der Waals surface area contributed by atoms with Crippen LogP contribution in [0.15, 0.2) is 12.5 Å². The number of primary amides is 1. The van der Waals surface area contributed by atoms with Gasteiger partial charge in [0.05, 0.1) is 25.2 Å². The first-order chi connectivity index (χ1) is 16.9. The number of unbranched alkanes of at least 4 members (excludes halogenated alkanes) is 1. The molecule has 0 radical (unpaired) electrons. The van der Waals surface area contributed by atoms with E-state index in [1.165, 1.54) is 12.5 Å². The molecule has 0 bridgehead atoms. The molecule has 1 heterocycles. The fraction of sp³-hybridized carbons (Fsp3) is 0.550. The second-order valence-electron chi connectivity index (χ2n) is 7.96. The maximum Gasteiger partial charge on any atom is 0.326 e. The Bertz CT molecular complexity index is 923. The van der Waals surface area contributed by atoms with Crippen molar-refractivity contribution < 1.29 is 39.0 Å². The van der Waals surface area contributed by atoms with E-state index in [0.29, 0.717) is 25.1 Å². The van der Waals surface area contributed by atoms with E-state index in [-0.39, 0.29) is 12.8 Å². The van der Waals surface area contributed by atoms with Crippen LogP contribution in [0.3, 0.4) is 0 Å². The molecule has 4 unspecified atom stereocenters.